The lowest BCUT2D eigenvalue weighted by atomic mass is 10.5. The molecule has 2 heterocycles. The second-order valence-electron chi connectivity index (χ2n) is 2.72. The fourth-order valence-corrected chi connectivity index (χ4v) is 1.25. The summed E-state index contributed by atoms with van der Waals surface area (Å²) in [6.07, 6.45) is 1.48. The monoisotopic (exact) mass is 194 g/mol. The van der Waals surface area contributed by atoms with Crippen LogP contribution in [0.5, 0.6) is 0 Å². The van der Waals surface area contributed by atoms with Gasteiger partial charge in [-0.05, 0) is 0 Å². The van der Waals surface area contributed by atoms with E-state index >= 15 is 0 Å². The van der Waals surface area contributed by atoms with Crippen molar-refractivity contribution in [2.24, 2.45) is 7.05 Å². The number of fused-ring (bicyclic) bond motifs is 1. The zero-order valence-corrected chi connectivity index (χ0v) is 7.22. The number of carbonyl (C=O) groups excluding carboxylic acids is 1. The van der Waals surface area contributed by atoms with E-state index in [1.807, 2.05) is 0 Å². The summed E-state index contributed by atoms with van der Waals surface area (Å²) in [5.74, 6) is 0. The number of nitrogens with one attached hydrogen (secondary N) is 1. The van der Waals surface area contributed by atoms with Crippen molar-refractivity contribution in [1.29, 1.82) is 0 Å². The average molecular weight is 194 g/mol. The van der Waals surface area contributed by atoms with Gasteiger partial charge in [-0.3, -0.25) is 14.2 Å². The van der Waals surface area contributed by atoms with Crippen molar-refractivity contribution in [1.82, 2.24) is 19.1 Å². The first-order valence-electron chi connectivity index (χ1n) is 3.76. The van der Waals surface area contributed by atoms with Crippen LogP contribution >= 0.6 is 0 Å². The molecule has 14 heavy (non-hydrogen) atoms. The largest absolute Gasteiger partial charge is 0.339 e. The van der Waals surface area contributed by atoms with Crippen LogP contribution in [0.25, 0.3) is 11.2 Å². The molecular weight excluding hydrogens is 188 g/mol. The lowest BCUT2D eigenvalue weighted by Gasteiger charge is -1.99. The highest BCUT2D eigenvalue weighted by Crippen LogP contribution is 1.97. The Morgan fingerprint density at radius 1 is 1.50 bits per heavy atom. The van der Waals surface area contributed by atoms with Crippen LogP contribution in [0.2, 0.25) is 0 Å². The number of aryl methyl sites for hydroxylation is 1. The maximum Gasteiger partial charge on any atom is 0.339 e. The number of imidazole rings is 1. The quantitative estimate of drug-likeness (QED) is 0.557. The average Bonchev–Trinajstić information content (AvgIpc) is 2.64. The molecule has 72 valence electrons. The topological polar surface area (TPSA) is 89.8 Å². The highest BCUT2D eigenvalue weighted by molar-refractivity contribution is 5.71. The Morgan fingerprint density at radius 2 is 2.21 bits per heavy atom. The van der Waals surface area contributed by atoms with E-state index < -0.39 is 11.2 Å². The molecule has 0 fully saturated rings. The molecule has 1 N–H and O–H groups in total. The van der Waals surface area contributed by atoms with Crippen LogP contribution < -0.4 is 11.2 Å². The molecule has 0 aliphatic rings. The third-order valence-corrected chi connectivity index (χ3v) is 1.97. The smallest absolute Gasteiger partial charge is 0.339 e. The van der Waals surface area contributed by atoms with E-state index in [2.05, 4.69) is 9.97 Å². The van der Waals surface area contributed by atoms with Crippen molar-refractivity contribution in [3.8, 4) is 0 Å². The standard InChI is InChI=1S/C7H6N4O3/c1-10-5-4(8-2-9-5)6(13)11(3-12)7(10)14/h2-3H,1H3,(H,8,9). The Bertz CT molecular complexity index is 618. The number of aromatic amines is 1. The Labute approximate surface area is 76.6 Å². The van der Waals surface area contributed by atoms with Crippen LogP contribution in [0.1, 0.15) is 0 Å². The minimum Gasteiger partial charge on any atom is -0.339 e. The summed E-state index contributed by atoms with van der Waals surface area (Å²) in [5.41, 5.74) is -1.02. The van der Waals surface area contributed by atoms with Crippen molar-refractivity contribution in [2.75, 3.05) is 0 Å². The second kappa shape index (κ2) is 2.66. The molecule has 0 unspecified atom stereocenters. The van der Waals surface area contributed by atoms with Gasteiger partial charge in [-0.25, -0.2) is 9.78 Å². The molecule has 0 bridgehead atoms. The summed E-state index contributed by atoms with van der Waals surface area (Å²) < 4.78 is 1.61. The Morgan fingerprint density at radius 3 is 2.86 bits per heavy atom. The fraction of sp³-hybridized carbons (Fsp3) is 0.143. The van der Waals surface area contributed by atoms with Gasteiger partial charge in [-0.15, -0.1) is 0 Å². The molecule has 0 aromatic carbocycles. The molecule has 2 aromatic rings. The van der Waals surface area contributed by atoms with Crippen LogP contribution in [0.3, 0.4) is 0 Å². The molecule has 0 aliphatic heterocycles. The molecule has 0 aliphatic carbocycles. The van der Waals surface area contributed by atoms with Crippen LogP contribution in [-0.4, -0.2) is 25.5 Å². The predicted molar refractivity (Wildman–Crippen MR) is 47.7 cm³/mol. The van der Waals surface area contributed by atoms with Gasteiger partial charge in [0.15, 0.2) is 5.65 Å². The van der Waals surface area contributed by atoms with E-state index in [0.717, 1.165) is 4.57 Å². The molecule has 7 heteroatoms. The second-order valence-corrected chi connectivity index (χ2v) is 2.72. The maximum absolute atomic E-state index is 11.4. The summed E-state index contributed by atoms with van der Waals surface area (Å²) >= 11 is 0. The summed E-state index contributed by atoms with van der Waals surface area (Å²) in [7, 11) is 1.44. The van der Waals surface area contributed by atoms with Crippen molar-refractivity contribution < 1.29 is 4.79 Å². The maximum atomic E-state index is 11.4. The van der Waals surface area contributed by atoms with Crippen molar-refractivity contribution in [3.63, 3.8) is 0 Å². The molecule has 2 rings (SSSR count). The highest BCUT2D eigenvalue weighted by atomic mass is 16.2. The zero-order chi connectivity index (χ0) is 10.3. The van der Waals surface area contributed by atoms with E-state index in [9.17, 15) is 14.4 Å². The van der Waals surface area contributed by atoms with Crippen LogP contribution in [0, 0.1) is 0 Å². The third-order valence-electron chi connectivity index (χ3n) is 1.97. The number of hydrogen-bond acceptors (Lipinski definition) is 4. The summed E-state index contributed by atoms with van der Waals surface area (Å²) in [5, 5.41) is 0. The lowest BCUT2D eigenvalue weighted by molar-refractivity contribution is 0.540. The normalized spacial score (nSPS) is 10.6. The van der Waals surface area contributed by atoms with E-state index in [-0.39, 0.29) is 17.6 Å². The first-order valence-corrected chi connectivity index (χ1v) is 3.76. The van der Waals surface area contributed by atoms with Crippen molar-refractivity contribution in [2.45, 2.75) is 0 Å². The predicted octanol–water partition coefficient (Wildman–Crippen LogP) is -1.54. The van der Waals surface area contributed by atoms with Crippen LogP contribution in [-0.2, 0) is 11.8 Å². The van der Waals surface area contributed by atoms with E-state index in [4.69, 9.17) is 0 Å². The third kappa shape index (κ3) is 0.859. The lowest BCUT2D eigenvalue weighted by Crippen LogP contribution is -2.38. The Kier molecular flexibility index (Phi) is 1.60. The first-order chi connectivity index (χ1) is 6.66. The fourth-order valence-electron chi connectivity index (χ4n) is 1.25. The van der Waals surface area contributed by atoms with Gasteiger partial charge in [0, 0.05) is 7.05 Å². The van der Waals surface area contributed by atoms with Crippen LogP contribution in [0.15, 0.2) is 15.9 Å². The number of rotatable bonds is 1. The molecule has 0 saturated heterocycles. The van der Waals surface area contributed by atoms with Crippen molar-refractivity contribution in [3.05, 3.63) is 27.2 Å². The number of carbonyl (C=O) groups is 1. The summed E-state index contributed by atoms with van der Waals surface area (Å²) in [6, 6.07) is 0. The molecule has 7 nitrogen and oxygen atoms in total. The van der Waals surface area contributed by atoms with Gasteiger partial charge in [0.1, 0.15) is 5.52 Å². The van der Waals surface area contributed by atoms with E-state index in [1.165, 1.54) is 13.4 Å². The van der Waals surface area contributed by atoms with Gasteiger partial charge in [0.05, 0.1) is 6.33 Å². The molecule has 0 amide bonds. The summed E-state index contributed by atoms with van der Waals surface area (Å²) in [4.78, 5) is 39.7. The molecule has 0 saturated carbocycles. The minimum absolute atomic E-state index is 0.138. The zero-order valence-electron chi connectivity index (χ0n) is 7.22. The summed E-state index contributed by atoms with van der Waals surface area (Å²) in [6.45, 7) is 0. The van der Waals surface area contributed by atoms with Gasteiger partial charge >= 0.3 is 5.69 Å². The minimum atomic E-state index is -0.704. The first kappa shape index (κ1) is 8.42. The van der Waals surface area contributed by atoms with Gasteiger partial charge in [0.25, 0.3) is 5.56 Å². The van der Waals surface area contributed by atoms with Crippen LogP contribution in [0.4, 0.5) is 0 Å². The Hall–Kier alpha value is -2.18. The molecular formula is C7H6N4O3. The molecule has 0 atom stereocenters. The molecule has 0 spiro atoms. The number of H-pyrrole nitrogens is 1. The van der Waals surface area contributed by atoms with E-state index in [0.29, 0.717) is 4.57 Å². The van der Waals surface area contributed by atoms with Gasteiger partial charge in [-0.2, -0.15) is 4.57 Å². The number of nitrogens with zero attached hydrogens (tertiary/aromatic N) is 3. The van der Waals surface area contributed by atoms with E-state index in [1.54, 1.807) is 0 Å². The van der Waals surface area contributed by atoms with Gasteiger partial charge < -0.3 is 4.98 Å². The number of hydrogen-bond donors (Lipinski definition) is 1. The SMILES string of the molecule is Cn1c(=O)n(C=O)c(=O)c2[nH]cnc21. The van der Waals surface area contributed by atoms with Gasteiger partial charge in [-0.1, -0.05) is 0 Å². The highest BCUT2D eigenvalue weighted by Gasteiger charge is 2.11. The molecule has 0 radical (unpaired) electrons. The molecule has 2 aromatic heterocycles. The Balaban J connectivity index is 3.18. The number of aromatic nitrogens is 4. The van der Waals surface area contributed by atoms with Gasteiger partial charge in [0.2, 0.25) is 6.41 Å². The van der Waals surface area contributed by atoms with Crippen molar-refractivity contribution >= 4 is 17.6 Å².